The Morgan fingerprint density at radius 1 is 1.14 bits per heavy atom. The van der Waals surface area contributed by atoms with Gasteiger partial charge in [-0.2, -0.15) is 5.26 Å². The number of anilines is 2. The Hall–Kier alpha value is -3.05. The number of amides is 1. The molecule has 0 aliphatic carbocycles. The molecular formula is C21H25N3O4S. The third-order valence-corrected chi connectivity index (χ3v) is 5.32. The first kappa shape index (κ1) is 22.2. The van der Waals surface area contributed by atoms with Gasteiger partial charge >= 0.3 is 0 Å². The molecule has 0 atom stereocenters. The molecule has 0 saturated carbocycles. The first-order valence-corrected chi connectivity index (χ1v) is 11.1. The van der Waals surface area contributed by atoms with E-state index in [1.165, 1.54) is 4.31 Å². The average Bonchev–Trinajstić information content (AvgIpc) is 2.67. The molecular weight excluding hydrogens is 390 g/mol. The summed E-state index contributed by atoms with van der Waals surface area (Å²) in [4.78, 5) is 12.2. The Labute approximate surface area is 172 Å². The van der Waals surface area contributed by atoms with Crippen LogP contribution in [0.1, 0.15) is 25.3 Å². The minimum absolute atomic E-state index is 0.184. The second-order valence-corrected chi connectivity index (χ2v) is 8.35. The normalized spacial score (nSPS) is 10.8. The summed E-state index contributed by atoms with van der Waals surface area (Å²) in [5, 5.41) is 11.5. The summed E-state index contributed by atoms with van der Waals surface area (Å²) >= 11 is 0. The van der Waals surface area contributed by atoms with E-state index in [0.717, 1.165) is 11.8 Å². The first-order valence-electron chi connectivity index (χ1n) is 9.30. The van der Waals surface area contributed by atoms with Crippen LogP contribution in [-0.2, 0) is 21.2 Å². The first-order chi connectivity index (χ1) is 13.8. The van der Waals surface area contributed by atoms with Gasteiger partial charge in [0.25, 0.3) is 0 Å². The lowest BCUT2D eigenvalue weighted by atomic mass is 10.1. The molecule has 2 aromatic rings. The highest BCUT2D eigenvalue weighted by Crippen LogP contribution is 2.22. The molecule has 7 nitrogen and oxygen atoms in total. The SMILES string of the molecule is CCOc1ccc(N(CCCC(=O)Nc2ccc(CC#N)cc2)S(C)(=O)=O)cc1. The van der Waals surface area contributed by atoms with Crippen LogP contribution in [0, 0.1) is 11.3 Å². The van der Waals surface area contributed by atoms with Gasteiger partial charge < -0.3 is 10.1 Å². The lowest BCUT2D eigenvalue weighted by Gasteiger charge is -2.22. The Morgan fingerprint density at radius 2 is 1.79 bits per heavy atom. The van der Waals surface area contributed by atoms with Crippen LogP contribution in [0.4, 0.5) is 11.4 Å². The van der Waals surface area contributed by atoms with Gasteiger partial charge in [-0.25, -0.2) is 8.42 Å². The molecule has 2 rings (SSSR count). The number of rotatable bonds is 10. The smallest absolute Gasteiger partial charge is 0.232 e. The second-order valence-electron chi connectivity index (χ2n) is 6.45. The van der Waals surface area contributed by atoms with E-state index in [-0.39, 0.29) is 18.9 Å². The minimum Gasteiger partial charge on any atom is -0.494 e. The average molecular weight is 416 g/mol. The van der Waals surface area contributed by atoms with Crippen molar-refractivity contribution in [1.82, 2.24) is 0 Å². The maximum Gasteiger partial charge on any atom is 0.232 e. The van der Waals surface area contributed by atoms with Crippen molar-refractivity contribution in [1.29, 1.82) is 5.26 Å². The molecule has 0 spiro atoms. The van der Waals surface area contributed by atoms with E-state index in [0.29, 0.717) is 36.6 Å². The summed E-state index contributed by atoms with van der Waals surface area (Å²) in [6, 6.07) is 16.0. The van der Waals surface area contributed by atoms with E-state index in [4.69, 9.17) is 10.00 Å². The topological polar surface area (TPSA) is 99.5 Å². The summed E-state index contributed by atoms with van der Waals surface area (Å²) in [6.45, 7) is 2.61. The van der Waals surface area contributed by atoms with E-state index >= 15 is 0 Å². The summed E-state index contributed by atoms with van der Waals surface area (Å²) in [5.74, 6) is 0.475. The van der Waals surface area contributed by atoms with E-state index < -0.39 is 10.0 Å². The molecule has 2 aromatic carbocycles. The number of ether oxygens (including phenoxy) is 1. The molecule has 0 saturated heterocycles. The molecule has 0 aliphatic rings. The maximum atomic E-state index is 12.2. The van der Waals surface area contributed by atoms with Gasteiger partial charge in [-0.3, -0.25) is 9.10 Å². The monoisotopic (exact) mass is 415 g/mol. The van der Waals surface area contributed by atoms with E-state index in [9.17, 15) is 13.2 Å². The Bertz CT molecular complexity index is 949. The Morgan fingerprint density at radius 3 is 2.34 bits per heavy atom. The van der Waals surface area contributed by atoms with Gasteiger partial charge in [0.05, 0.1) is 31.0 Å². The van der Waals surface area contributed by atoms with Gasteiger partial charge in [-0.05, 0) is 55.3 Å². The van der Waals surface area contributed by atoms with Crippen molar-refractivity contribution in [2.45, 2.75) is 26.2 Å². The van der Waals surface area contributed by atoms with Crippen molar-refractivity contribution in [2.24, 2.45) is 0 Å². The second kappa shape index (κ2) is 10.5. The van der Waals surface area contributed by atoms with Crippen LogP contribution >= 0.6 is 0 Å². The number of carbonyl (C=O) groups is 1. The predicted octanol–water partition coefficient (Wildman–Crippen LogP) is 3.34. The standard InChI is InChI=1S/C21H25N3O4S/c1-3-28-20-12-10-19(11-13-20)24(29(2,26)27)16-4-5-21(25)23-18-8-6-17(7-9-18)14-15-22/h6-13H,3-5,14,16H2,1-2H3,(H,23,25). The predicted molar refractivity (Wildman–Crippen MR) is 113 cm³/mol. The molecule has 0 aliphatic heterocycles. The van der Waals surface area contributed by atoms with Crippen LogP contribution in [0.25, 0.3) is 0 Å². The van der Waals surface area contributed by atoms with Crippen LogP contribution < -0.4 is 14.4 Å². The molecule has 1 amide bonds. The molecule has 0 unspecified atom stereocenters. The van der Waals surface area contributed by atoms with Crippen LogP contribution in [0.5, 0.6) is 5.75 Å². The van der Waals surface area contributed by atoms with E-state index in [1.54, 1.807) is 48.5 Å². The van der Waals surface area contributed by atoms with E-state index in [2.05, 4.69) is 11.4 Å². The van der Waals surface area contributed by atoms with Crippen LogP contribution in [0.2, 0.25) is 0 Å². The number of benzene rings is 2. The molecule has 0 radical (unpaired) electrons. The Balaban J connectivity index is 1.92. The zero-order valence-corrected chi connectivity index (χ0v) is 17.4. The Kier molecular flexibility index (Phi) is 8.04. The van der Waals surface area contributed by atoms with Crippen molar-refractivity contribution in [3.63, 3.8) is 0 Å². The fourth-order valence-corrected chi connectivity index (χ4v) is 3.73. The highest BCUT2D eigenvalue weighted by atomic mass is 32.2. The van der Waals surface area contributed by atoms with Crippen LogP contribution in [0.3, 0.4) is 0 Å². The van der Waals surface area contributed by atoms with Gasteiger partial charge in [0.15, 0.2) is 0 Å². The fourth-order valence-electron chi connectivity index (χ4n) is 2.77. The van der Waals surface area contributed by atoms with Crippen molar-refractivity contribution >= 4 is 27.3 Å². The quantitative estimate of drug-likeness (QED) is 0.642. The van der Waals surface area contributed by atoms with Crippen LogP contribution in [-0.4, -0.2) is 33.7 Å². The number of nitrogens with zero attached hydrogens (tertiary/aromatic N) is 2. The lowest BCUT2D eigenvalue weighted by Crippen LogP contribution is -2.31. The van der Waals surface area contributed by atoms with Crippen molar-refractivity contribution in [3.8, 4) is 11.8 Å². The number of sulfonamides is 1. The number of hydrogen-bond donors (Lipinski definition) is 1. The zero-order chi connectivity index (χ0) is 21.3. The van der Waals surface area contributed by atoms with Crippen molar-refractivity contribution in [2.75, 3.05) is 29.0 Å². The van der Waals surface area contributed by atoms with E-state index in [1.807, 2.05) is 6.92 Å². The van der Waals surface area contributed by atoms with Gasteiger partial charge in [-0.1, -0.05) is 12.1 Å². The lowest BCUT2D eigenvalue weighted by molar-refractivity contribution is -0.116. The minimum atomic E-state index is -3.48. The summed E-state index contributed by atoms with van der Waals surface area (Å²) in [5.41, 5.74) is 2.05. The molecule has 154 valence electrons. The number of hydrogen-bond acceptors (Lipinski definition) is 5. The van der Waals surface area contributed by atoms with Crippen LogP contribution in [0.15, 0.2) is 48.5 Å². The van der Waals surface area contributed by atoms with Gasteiger partial charge in [0.2, 0.25) is 15.9 Å². The molecule has 29 heavy (non-hydrogen) atoms. The number of nitrogens with one attached hydrogen (secondary N) is 1. The third-order valence-electron chi connectivity index (χ3n) is 4.12. The molecule has 0 fully saturated rings. The summed E-state index contributed by atoms with van der Waals surface area (Å²) in [6.07, 6.45) is 2.02. The zero-order valence-electron chi connectivity index (χ0n) is 16.6. The van der Waals surface area contributed by atoms with Crippen molar-refractivity contribution < 1.29 is 17.9 Å². The maximum absolute atomic E-state index is 12.2. The molecule has 0 aromatic heterocycles. The highest BCUT2D eigenvalue weighted by molar-refractivity contribution is 7.92. The summed E-state index contributed by atoms with van der Waals surface area (Å²) in [7, 11) is -3.48. The fraction of sp³-hybridized carbons (Fsp3) is 0.333. The molecule has 0 bridgehead atoms. The highest BCUT2D eigenvalue weighted by Gasteiger charge is 2.17. The third kappa shape index (κ3) is 7.12. The van der Waals surface area contributed by atoms with Crippen molar-refractivity contribution in [3.05, 3.63) is 54.1 Å². The molecule has 1 N–H and O–H groups in total. The van der Waals surface area contributed by atoms with Gasteiger partial charge in [-0.15, -0.1) is 0 Å². The van der Waals surface area contributed by atoms with Gasteiger partial charge in [0, 0.05) is 18.7 Å². The molecule has 8 heteroatoms. The largest absolute Gasteiger partial charge is 0.494 e. The molecule has 0 heterocycles. The number of carbonyl (C=O) groups excluding carboxylic acids is 1. The summed E-state index contributed by atoms with van der Waals surface area (Å²) < 4.78 is 31.0. The number of nitriles is 1. The van der Waals surface area contributed by atoms with Gasteiger partial charge in [0.1, 0.15) is 5.75 Å².